The molecule has 0 radical (unpaired) electrons. The van der Waals surface area contributed by atoms with Crippen molar-refractivity contribution in [3.05, 3.63) is 34.3 Å². The summed E-state index contributed by atoms with van der Waals surface area (Å²) in [6.45, 7) is 0. The first-order valence-corrected chi connectivity index (χ1v) is 6.52. The summed E-state index contributed by atoms with van der Waals surface area (Å²) in [7, 11) is 0. The monoisotopic (exact) mass is 324 g/mol. The fourth-order valence-electron chi connectivity index (χ4n) is 1.31. The van der Waals surface area contributed by atoms with Gasteiger partial charge in [0.25, 0.3) is 0 Å². The largest absolute Gasteiger partial charge is 0.383 e. The van der Waals surface area contributed by atoms with E-state index < -0.39 is 0 Å². The van der Waals surface area contributed by atoms with Crippen LogP contribution in [0.4, 0.5) is 11.6 Å². The Hall–Kier alpha value is -1.60. The van der Waals surface area contributed by atoms with Gasteiger partial charge in [0.2, 0.25) is 0 Å². The molecule has 1 aromatic heterocycles. The molecule has 2 rings (SSSR count). The number of halogens is 1. The van der Waals surface area contributed by atoms with E-state index in [1.165, 1.54) is 17.8 Å². The molecule has 0 aliphatic heterocycles. The minimum Gasteiger partial charge on any atom is -0.383 e. The average Bonchev–Trinajstić information content (AvgIpc) is 2.30. The van der Waals surface area contributed by atoms with E-state index in [9.17, 15) is 4.79 Å². The zero-order valence-electron chi connectivity index (χ0n) is 9.13. The second kappa shape index (κ2) is 5.36. The lowest BCUT2D eigenvalue weighted by molar-refractivity contribution is 0.112. The standard InChI is InChI=1S/C11H9BrN4OS/c12-7-1-2-8(6(3-7)5-17)18-11-15-9(13)4-10(14)16-11/h1-5H,(H4,13,14,15,16). The minimum atomic E-state index is 0.301. The van der Waals surface area contributed by atoms with Crippen molar-refractivity contribution in [3.63, 3.8) is 0 Å². The number of nitrogens with two attached hydrogens (primary N) is 2. The molecule has 0 unspecified atom stereocenters. The molecular formula is C11H9BrN4OS. The van der Waals surface area contributed by atoms with E-state index >= 15 is 0 Å². The smallest absolute Gasteiger partial charge is 0.196 e. The molecule has 0 fully saturated rings. The van der Waals surface area contributed by atoms with Gasteiger partial charge in [0, 0.05) is 21.0 Å². The van der Waals surface area contributed by atoms with E-state index in [-0.39, 0.29) is 0 Å². The van der Waals surface area contributed by atoms with E-state index in [2.05, 4.69) is 25.9 Å². The maximum absolute atomic E-state index is 11.0. The summed E-state index contributed by atoms with van der Waals surface area (Å²) in [4.78, 5) is 19.8. The Labute approximate surface area is 116 Å². The van der Waals surface area contributed by atoms with Crippen LogP contribution >= 0.6 is 27.7 Å². The maximum atomic E-state index is 11.0. The first-order valence-electron chi connectivity index (χ1n) is 4.91. The van der Waals surface area contributed by atoms with Gasteiger partial charge in [-0.3, -0.25) is 4.79 Å². The molecule has 0 saturated carbocycles. The Morgan fingerprint density at radius 3 is 2.44 bits per heavy atom. The highest BCUT2D eigenvalue weighted by Gasteiger charge is 2.08. The normalized spacial score (nSPS) is 10.3. The number of nitrogen functional groups attached to an aromatic ring is 2. The molecule has 1 heterocycles. The van der Waals surface area contributed by atoms with Crippen molar-refractivity contribution in [3.8, 4) is 0 Å². The Morgan fingerprint density at radius 1 is 1.17 bits per heavy atom. The number of hydrogen-bond donors (Lipinski definition) is 2. The highest BCUT2D eigenvalue weighted by molar-refractivity contribution is 9.10. The van der Waals surface area contributed by atoms with E-state index in [0.717, 1.165) is 15.7 Å². The first kappa shape index (κ1) is 12.8. The van der Waals surface area contributed by atoms with Crippen molar-refractivity contribution in [1.29, 1.82) is 0 Å². The van der Waals surface area contributed by atoms with Gasteiger partial charge in [-0.25, -0.2) is 9.97 Å². The van der Waals surface area contributed by atoms with E-state index in [0.29, 0.717) is 22.4 Å². The van der Waals surface area contributed by atoms with Crippen molar-refractivity contribution < 1.29 is 4.79 Å². The predicted octanol–water partition coefficient (Wildman–Crippen LogP) is 2.37. The molecule has 4 N–H and O–H groups in total. The number of carbonyl (C=O) groups excluding carboxylic acids is 1. The van der Waals surface area contributed by atoms with Crippen molar-refractivity contribution >= 4 is 45.6 Å². The number of aromatic nitrogens is 2. The van der Waals surface area contributed by atoms with E-state index in [1.807, 2.05) is 6.07 Å². The fourth-order valence-corrected chi connectivity index (χ4v) is 2.55. The Kier molecular flexibility index (Phi) is 3.83. The van der Waals surface area contributed by atoms with Gasteiger partial charge in [0.15, 0.2) is 11.4 Å². The molecule has 0 aliphatic carbocycles. The van der Waals surface area contributed by atoms with E-state index in [4.69, 9.17) is 11.5 Å². The quantitative estimate of drug-likeness (QED) is 0.664. The van der Waals surface area contributed by atoms with Crippen LogP contribution in [-0.2, 0) is 0 Å². The van der Waals surface area contributed by atoms with Gasteiger partial charge in [-0.15, -0.1) is 0 Å². The predicted molar refractivity (Wildman–Crippen MR) is 74.5 cm³/mol. The van der Waals surface area contributed by atoms with Gasteiger partial charge in [-0.2, -0.15) is 0 Å². The number of aldehydes is 1. The minimum absolute atomic E-state index is 0.301. The second-order valence-corrected chi connectivity index (χ2v) is 5.33. The van der Waals surface area contributed by atoms with Crippen molar-refractivity contribution in [1.82, 2.24) is 9.97 Å². The molecular weight excluding hydrogens is 316 g/mol. The summed E-state index contributed by atoms with van der Waals surface area (Å²) in [5, 5.41) is 0.415. The van der Waals surface area contributed by atoms with Gasteiger partial charge >= 0.3 is 0 Å². The summed E-state index contributed by atoms with van der Waals surface area (Å²) in [5.41, 5.74) is 11.7. The second-order valence-electron chi connectivity index (χ2n) is 3.40. The number of anilines is 2. The summed E-state index contributed by atoms with van der Waals surface area (Å²) in [6, 6.07) is 6.85. The molecule has 0 bridgehead atoms. The summed E-state index contributed by atoms with van der Waals surface area (Å²) in [5.74, 6) is 0.601. The number of nitrogens with zero attached hydrogens (tertiary/aromatic N) is 2. The number of rotatable bonds is 3. The topological polar surface area (TPSA) is 94.9 Å². The number of benzene rings is 1. The van der Waals surface area contributed by atoms with Crippen LogP contribution in [0.1, 0.15) is 10.4 Å². The highest BCUT2D eigenvalue weighted by atomic mass is 79.9. The fraction of sp³-hybridized carbons (Fsp3) is 0. The number of carbonyl (C=O) groups is 1. The molecule has 5 nitrogen and oxygen atoms in total. The summed E-state index contributed by atoms with van der Waals surface area (Å²) >= 11 is 4.55. The number of hydrogen-bond acceptors (Lipinski definition) is 6. The molecule has 0 aliphatic rings. The molecule has 1 aromatic carbocycles. The average molecular weight is 325 g/mol. The van der Waals surface area contributed by atoms with Crippen LogP contribution in [-0.4, -0.2) is 16.3 Å². The lowest BCUT2D eigenvalue weighted by Gasteiger charge is -2.05. The van der Waals surface area contributed by atoms with Gasteiger partial charge in [-0.1, -0.05) is 15.9 Å². The lowest BCUT2D eigenvalue weighted by Crippen LogP contribution is -1.99. The van der Waals surface area contributed by atoms with Crippen molar-refractivity contribution in [2.75, 3.05) is 11.5 Å². The molecule has 92 valence electrons. The zero-order valence-corrected chi connectivity index (χ0v) is 11.5. The first-order chi connectivity index (χ1) is 8.58. The third-order valence-corrected chi connectivity index (χ3v) is 3.50. The molecule has 0 atom stereocenters. The van der Waals surface area contributed by atoms with Crippen LogP contribution in [0.25, 0.3) is 0 Å². The van der Waals surface area contributed by atoms with Crippen LogP contribution < -0.4 is 11.5 Å². The van der Waals surface area contributed by atoms with Gasteiger partial charge < -0.3 is 11.5 Å². The maximum Gasteiger partial charge on any atom is 0.196 e. The lowest BCUT2D eigenvalue weighted by atomic mass is 10.2. The van der Waals surface area contributed by atoms with Crippen LogP contribution in [0.3, 0.4) is 0 Å². The van der Waals surface area contributed by atoms with Gasteiger partial charge in [-0.05, 0) is 30.0 Å². The summed E-state index contributed by atoms with van der Waals surface area (Å²) in [6.07, 6.45) is 0.781. The van der Waals surface area contributed by atoms with Gasteiger partial charge in [0.1, 0.15) is 11.6 Å². The van der Waals surface area contributed by atoms with E-state index in [1.54, 1.807) is 12.1 Å². The van der Waals surface area contributed by atoms with Crippen LogP contribution in [0.15, 0.2) is 38.8 Å². The molecule has 0 saturated heterocycles. The molecule has 0 amide bonds. The van der Waals surface area contributed by atoms with Crippen LogP contribution in [0.5, 0.6) is 0 Å². The molecule has 18 heavy (non-hydrogen) atoms. The van der Waals surface area contributed by atoms with Crippen molar-refractivity contribution in [2.45, 2.75) is 10.1 Å². The van der Waals surface area contributed by atoms with Gasteiger partial charge in [0.05, 0.1) is 0 Å². The molecule has 2 aromatic rings. The zero-order chi connectivity index (χ0) is 13.1. The summed E-state index contributed by atoms with van der Waals surface area (Å²) < 4.78 is 0.835. The van der Waals surface area contributed by atoms with Crippen LogP contribution in [0, 0.1) is 0 Å². The SMILES string of the molecule is Nc1cc(N)nc(Sc2ccc(Br)cc2C=O)n1. The molecule has 0 spiro atoms. The Bertz CT molecular complexity index is 585. The molecule has 7 heteroatoms. The highest BCUT2D eigenvalue weighted by Crippen LogP contribution is 2.30. The van der Waals surface area contributed by atoms with Crippen LogP contribution in [0.2, 0.25) is 0 Å². The third-order valence-electron chi connectivity index (χ3n) is 2.05. The Morgan fingerprint density at radius 2 is 1.83 bits per heavy atom. The third kappa shape index (κ3) is 2.99. The Balaban J connectivity index is 2.36. The van der Waals surface area contributed by atoms with Crippen molar-refractivity contribution in [2.24, 2.45) is 0 Å².